The van der Waals surface area contributed by atoms with Crippen molar-refractivity contribution < 1.29 is 4.74 Å². The summed E-state index contributed by atoms with van der Waals surface area (Å²) in [5.74, 6) is 3.06. The van der Waals surface area contributed by atoms with E-state index in [9.17, 15) is 0 Å². The normalized spacial score (nSPS) is 10.4. The quantitative estimate of drug-likeness (QED) is 0.692. The van der Waals surface area contributed by atoms with Gasteiger partial charge in [0, 0.05) is 19.0 Å². The fraction of sp³-hybridized carbons (Fsp3) is 0.375. The second kappa shape index (κ2) is 8.17. The average molecular weight is 397 g/mol. The Kier molecular flexibility index (Phi) is 6.22. The van der Waals surface area contributed by atoms with E-state index < -0.39 is 0 Å². The summed E-state index contributed by atoms with van der Waals surface area (Å²) in [7, 11) is 0. The molecule has 0 aliphatic heterocycles. The molecule has 0 unspecified atom stereocenters. The molecule has 0 amide bonds. The minimum absolute atomic E-state index is 0.594. The number of nitrogens with zero attached hydrogens (tertiary/aromatic N) is 2. The monoisotopic (exact) mass is 397 g/mol. The summed E-state index contributed by atoms with van der Waals surface area (Å²) in [6.45, 7) is 5.14. The first-order chi connectivity index (χ1) is 10.2. The number of para-hydroxylation sites is 1. The van der Waals surface area contributed by atoms with Crippen molar-refractivity contribution in [3.63, 3.8) is 0 Å². The van der Waals surface area contributed by atoms with Gasteiger partial charge in [-0.2, -0.15) is 4.98 Å². The van der Waals surface area contributed by atoms with Crippen LogP contribution in [0.3, 0.4) is 0 Å². The van der Waals surface area contributed by atoms with Gasteiger partial charge < -0.3 is 10.1 Å². The predicted molar refractivity (Wildman–Crippen MR) is 94.0 cm³/mol. The van der Waals surface area contributed by atoms with Crippen molar-refractivity contribution in [1.82, 2.24) is 9.97 Å². The molecular formula is C16H20IN3O. The van der Waals surface area contributed by atoms with Crippen LogP contribution in [0.25, 0.3) is 0 Å². The van der Waals surface area contributed by atoms with Crippen molar-refractivity contribution in [1.29, 1.82) is 0 Å². The van der Waals surface area contributed by atoms with Gasteiger partial charge in [0.1, 0.15) is 17.4 Å². The van der Waals surface area contributed by atoms with Crippen LogP contribution in [-0.2, 0) is 6.42 Å². The maximum atomic E-state index is 5.92. The lowest BCUT2D eigenvalue weighted by Gasteiger charge is -2.11. The molecule has 1 aromatic heterocycles. The Morgan fingerprint density at radius 1 is 1.14 bits per heavy atom. The topological polar surface area (TPSA) is 47.0 Å². The van der Waals surface area contributed by atoms with Crippen LogP contribution in [0.5, 0.6) is 11.6 Å². The van der Waals surface area contributed by atoms with Crippen LogP contribution in [0.2, 0.25) is 0 Å². The van der Waals surface area contributed by atoms with E-state index in [0.29, 0.717) is 5.88 Å². The fourth-order valence-electron chi connectivity index (χ4n) is 1.84. The van der Waals surface area contributed by atoms with E-state index in [-0.39, 0.29) is 0 Å². The van der Waals surface area contributed by atoms with Gasteiger partial charge in [0.15, 0.2) is 0 Å². The number of ether oxygens (including phenoxy) is 1. The van der Waals surface area contributed by atoms with Gasteiger partial charge in [-0.3, -0.25) is 0 Å². The number of hydrogen-bond acceptors (Lipinski definition) is 4. The van der Waals surface area contributed by atoms with Crippen LogP contribution in [0, 0.1) is 3.57 Å². The van der Waals surface area contributed by atoms with Crippen LogP contribution in [0.1, 0.15) is 32.5 Å². The van der Waals surface area contributed by atoms with Crippen molar-refractivity contribution in [2.75, 3.05) is 11.9 Å². The predicted octanol–water partition coefficient (Wildman–Crippen LogP) is 4.65. The molecule has 0 radical (unpaired) electrons. The molecule has 1 aromatic carbocycles. The van der Waals surface area contributed by atoms with Crippen LogP contribution in [0.4, 0.5) is 5.82 Å². The number of benzene rings is 1. The zero-order valence-electron chi connectivity index (χ0n) is 12.4. The summed E-state index contributed by atoms with van der Waals surface area (Å²) in [4.78, 5) is 9.01. The smallest absolute Gasteiger partial charge is 0.224 e. The van der Waals surface area contributed by atoms with E-state index in [1.54, 1.807) is 0 Å². The van der Waals surface area contributed by atoms with Crippen molar-refractivity contribution in [3.8, 4) is 11.6 Å². The van der Waals surface area contributed by atoms with E-state index in [1.807, 2.05) is 30.3 Å². The maximum Gasteiger partial charge on any atom is 0.224 e. The molecule has 2 aromatic rings. The largest absolute Gasteiger partial charge is 0.438 e. The van der Waals surface area contributed by atoms with Crippen molar-refractivity contribution >= 4 is 28.4 Å². The van der Waals surface area contributed by atoms with Gasteiger partial charge in [-0.05, 0) is 47.6 Å². The molecule has 1 N–H and O–H groups in total. The number of halogens is 1. The highest BCUT2D eigenvalue weighted by molar-refractivity contribution is 14.1. The molecule has 0 fully saturated rings. The molecule has 21 heavy (non-hydrogen) atoms. The highest BCUT2D eigenvalue weighted by Gasteiger charge is 2.08. The van der Waals surface area contributed by atoms with Gasteiger partial charge in [0.25, 0.3) is 0 Å². The molecule has 1 heterocycles. The molecule has 0 aliphatic carbocycles. The Morgan fingerprint density at radius 3 is 2.67 bits per heavy atom. The Bertz CT molecular complexity index is 589. The van der Waals surface area contributed by atoms with Crippen LogP contribution in [0.15, 0.2) is 30.3 Å². The molecule has 5 heteroatoms. The van der Waals surface area contributed by atoms with Crippen molar-refractivity contribution in [2.45, 2.75) is 33.1 Å². The summed E-state index contributed by atoms with van der Waals surface area (Å²) in [5.41, 5.74) is 0. The highest BCUT2D eigenvalue weighted by Crippen LogP contribution is 2.26. The maximum absolute atomic E-state index is 5.92. The van der Waals surface area contributed by atoms with Crippen molar-refractivity contribution in [3.05, 3.63) is 39.7 Å². The Labute approximate surface area is 139 Å². The summed E-state index contributed by atoms with van der Waals surface area (Å²) >= 11 is 2.26. The van der Waals surface area contributed by atoms with E-state index in [4.69, 9.17) is 4.74 Å². The first-order valence-electron chi connectivity index (χ1n) is 7.27. The molecule has 4 nitrogen and oxygen atoms in total. The molecule has 0 saturated carbocycles. The lowest BCUT2D eigenvalue weighted by Crippen LogP contribution is -2.06. The third-order valence-corrected chi connectivity index (χ3v) is 3.72. The second-order valence-corrected chi connectivity index (χ2v) is 5.88. The summed E-state index contributed by atoms with van der Waals surface area (Å²) in [6, 6.07) is 9.77. The Hall–Kier alpha value is -1.37. The Morgan fingerprint density at radius 2 is 1.95 bits per heavy atom. The summed E-state index contributed by atoms with van der Waals surface area (Å²) in [6.07, 6.45) is 2.92. The van der Waals surface area contributed by atoms with Gasteiger partial charge in [0.05, 0.1) is 3.57 Å². The van der Waals surface area contributed by atoms with Crippen molar-refractivity contribution in [2.24, 2.45) is 0 Å². The molecule has 0 spiro atoms. The molecular weight excluding hydrogens is 377 g/mol. The minimum Gasteiger partial charge on any atom is -0.438 e. The van der Waals surface area contributed by atoms with E-state index in [0.717, 1.165) is 46.8 Å². The first kappa shape index (κ1) is 16.0. The third-order valence-electron chi connectivity index (χ3n) is 2.83. The molecule has 0 bridgehead atoms. The lowest BCUT2D eigenvalue weighted by atomic mass is 10.3. The number of nitrogens with one attached hydrogen (secondary N) is 1. The van der Waals surface area contributed by atoms with E-state index in [1.165, 1.54) is 0 Å². The zero-order valence-corrected chi connectivity index (χ0v) is 14.6. The van der Waals surface area contributed by atoms with Crippen LogP contribution in [-0.4, -0.2) is 16.5 Å². The Balaban J connectivity index is 2.24. The third kappa shape index (κ3) is 4.84. The summed E-state index contributed by atoms with van der Waals surface area (Å²) in [5, 5.41) is 3.30. The van der Waals surface area contributed by atoms with Gasteiger partial charge in [-0.25, -0.2) is 4.98 Å². The van der Waals surface area contributed by atoms with Gasteiger partial charge in [0.2, 0.25) is 5.88 Å². The number of aryl methyl sites for hydroxylation is 1. The molecule has 0 atom stereocenters. The zero-order chi connectivity index (χ0) is 15.1. The van der Waals surface area contributed by atoms with Gasteiger partial charge >= 0.3 is 0 Å². The summed E-state index contributed by atoms with van der Waals surface area (Å²) < 4.78 is 6.98. The van der Waals surface area contributed by atoms with Crippen LogP contribution >= 0.6 is 22.6 Å². The first-order valence-corrected chi connectivity index (χ1v) is 8.35. The van der Waals surface area contributed by atoms with Crippen LogP contribution < -0.4 is 10.1 Å². The van der Waals surface area contributed by atoms with Gasteiger partial charge in [-0.1, -0.05) is 26.0 Å². The molecule has 0 saturated heterocycles. The van der Waals surface area contributed by atoms with E-state index >= 15 is 0 Å². The molecule has 2 rings (SSSR count). The highest BCUT2D eigenvalue weighted by atomic mass is 127. The molecule has 0 aliphatic rings. The minimum atomic E-state index is 0.594. The van der Waals surface area contributed by atoms with Gasteiger partial charge in [-0.15, -0.1) is 0 Å². The number of rotatable bonds is 7. The standard InChI is InChI=1S/C16H20IN3O/c1-3-7-14-19-15(18-10-4-2)11-16(20-14)21-13-9-6-5-8-12(13)17/h5-6,8-9,11H,3-4,7,10H2,1-2H3,(H,18,19,20). The lowest BCUT2D eigenvalue weighted by molar-refractivity contribution is 0.455. The average Bonchev–Trinajstić information content (AvgIpc) is 2.48. The second-order valence-electron chi connectivity index (χ2n) is 4.72. The number of hydrogen-bond donors (Lipinski definition) is 1. The SMILES string of the molecule is CCCNc1cc(Oc2ccccc2I)nc(CCC)n1. The fourth-order valence-corrected chi connectivity index (χ4v) is 2.34. The number of aromatic nitrogens is 2. The van der Waals surface area contributed by atoms with E-state index in [2.05, 4.69) is 51.7 Å². The molecule has 112 valence electrons. The number of anilines is 1.